The molecule has 31 heavy (non-hydrogen) atoms. The lowest BCUT2D eigenvalue weighted by molar-refractivity contribution is -0.126. The first-order valence-corrected chi connectivity index (χ1v) is 12.1. The van der Waals surface area contributed by atoms with Crippen LogP contribution in [0.5, 0.6) is 0 Å². The number of carbonyl (C=O) groups excluding carboxylic acids is 1. The van der Waals surface area contributed by atoms with E-state index in [2.05, 4.69) is 26.1 Å². The van der Waals surface area contributed by atoms with Gasteiger partial charge in [0.2, 0.25) is 15.9 Å². The summed E-state index contributed by atoms with van der Waals surface area (Å²) in [5.41, 5.74) is 2.01. The Morgan fingerprint density at radius 2 is 1.61 bits per heavy atom. The normalized spacial score (nSPS) is 16.3. The van der Waals surface area contributed by atoms with Gasteiger partial charge in [-0.25, -0.2) is 12.8 Å². The maximum atomic E-state index is 13.0. The van der Waals surface area contributed by atoms with Gasteiger partial charge in [-0.05, 0) is 60.1 Å². The Bertz CT molecular complexity index is 989. The summed E-state index contributed by atoms with van der Waals surface area (Å²) in [6.07, 6.45) is 1.63. The molecule has 0 aliphatic carbocycles. The van der Waals surface area contributed by atoms with Crippen molar-refractivity contribution in [2.24, 2.45) is 5.92 Å². The van der Waals surface area contributed by atoms with Crippen molar-refractivity contribution in [3.8, 4) is 0 Å². The molecule has 2 aromatic rings. The van der Waals surface area contributed by atoms with E-state index in [1.165, 1.54) is 16.4 Å². The van der Waals surface area contributed by atoms with E-state index in [1.54, 1.807) is 24.3 Å². The quantitative estimate of drug-likeness (QED) is 0.732. The lowest BCUT2D eigenvalue weighted by Crippen LogP contribution is -2.43. The summed E-state index contributed by atoms with van der Waals surface area (Å²) in [5, 5.41) is 2.92. The molecule has 1 aliphatic heterocycles. The van der Waals surface area contributed by atoms with E-state index in [0.29, 0.717) is 43.8 Å². The summed E-state index contributed by atoms with van der Waals surface area (Å²) in [5.74, 6) is -0.517. The van der Waals surface area contributed by atoms with Gasteiger partial charge >= 0.3 is 0 Å². The molecule has 2 aromatic carbocycles. The highest BCUT2D eigenvalue weighted by molar-refractivity contribution is 7.89. The van der Waals surface area contributed by atoms with Crippen LogP contribution in [-0.4, -0.2) is 38.3 Å². The Morgan fingerprint density at radius 1 is 1.03 bits per heavy atom. The first-order chi connectivity index (χ1) is 14.6. The molecule has 0 spiro atoms. The monoisotopic (exact) mass is 446 g/mol. The fourth-order valence-electron chi connectivity index (χ4n) is 3.76. The number of benzene rings is 2. The van der Waals surface area contributed by atoms with E-state index in [9.17, 15) is 17.6 Å². The van der Waals surface area contributed by atoms with E-state index in [1.807, 2.05) is 12.1 Å². The van der Waals surface area contributed by atoms with E-state index < -0.39 is 10.0 Å². The largest absolute Gasteiger partial charge is 0.356 e. The molecular formula is C24H31FN2O3S. The number of piperidine rings is 1. The molecule has 5 nitrogen and oxygen atoms in total. The minimum Gasteiger partial charge on any atom is -0.356 e. The maximum absolute atomic E-state index is 13.0. The second-order valence-corrected chi connectivity index (χ2v) is 11.1. The van der Waals surface area contributed by atoms with Crippen LogP contribution in [0.1, 0.15) is 44.7 Å². The fraction of sp³-hybridized carbons (Fsp3) is 0.458. The minimum atomic E-state index is -3.56. The number of carbonyl (C=O) groups is 1. The number of halogens is 1. The van der Waals surface area contributed by atoms with E-state index in [4.69, 9.17) is 0 Å². The Morgan fingerprint density at radius 3 is 2.16 bits per heavy atom. The highest BCUT2D eigenvalue weighted by Crippen LogP contribution is 2.27. The van der Waals surface area contributed by atoms with Crippen molar-refractivity contribution in [3.05, 3.63) is 65.5 Å². The van der Waals surface area contributed by atoms with Gasteiger partial charge in [-0.1, -0.05) is 45.0 Å². The molecule has 0 saturated carbocycles. The highest BCUT2D eigenvalue weighted by Gasteiger charge is 2.32. The number of nitrogens with zero attached hydrogens (tertiary/aromatic N) is 1. The zero-order valence-corrected chi connectivity index (χ0v) is 19.2. The summed E-state index contributed by atoms with van der Waals surface area (Å²) in [6.45, 7) is 7.41. The van der Waals surface area contributed by atoms with Crippen molar-refractivity contribution in [3.63, 3.8) is 0 Å². The molecule has 0 atom stereocenters. The van der Waals surface area contributed by atoms with Crippen molar-refractivity contribution in [2.45, 2.75) is 50.3 Å². The van der Waals surface area contributed by atoms with Crippen molar-refractivity contribution >= 4 is 15.9 Å². The molecule has 1 amide bonds. The topological polar surface area (TPSA) is 66.5 Å². The number of rotatable bonds is 6. The molecule has 3 rings (SSSR count). The number of sulfonamides is 1. The van der Waals surface area contributed by atoms with E-state index in [0.717, 1.165) is 11.1 Å². The van der Waals surface area contributed by atoms with Crippen LogP contribution < -0.4 is 5.32 Å². The first kappa shape index (κ1) is 23.4. The zero-order valence-electron chi connectivity index (χ0n) is 18.4. The molecule has 1 saturated heterocycles. The van der Waals surface area contributed by atoms with Crippen LogP contribution in [0.3, 0.4) is 0 Å². The van der Waals surface area contributed by atoms with Crippen LogP contribution >= 0.6 is 0 Å². The van der Waals surface area contributed by atoms with Crippen LogP contribution in [0, 0.1) is 11.7 Å². The predicted molar refractivity (Wildman–Crippen MR) is 120 cm³/mol. The Labute approximate surface area is 184 Å². The van der Waals surface area contributed by atoms with Crippen molar-refractivity contribution < 1.29 is 17.6 Å². The molecular weight excluding hydrogens is 415 g/mol. The molecule has 1 N–H and O–H groups in total. The average Bonchev–Trinajstić information content (AvgIpc) is 2.74. The number of hydrogen-bond donors (Lipinski definition) is 1. The van der Waals surface area contributed by atoms with Crippen molar-refractivity contribution in [1.29, 1.82) is 0 Å². The van der Waals surface area contributed by atoms with Gasteiger partial charge in [-0.15, -0.1) is 0 Å². The Hall–Kier alpha value is -2.25. The summed E-state index contributed by atoms with van der Waals surface area (Å²) < 4.78 is 40.4. The molecule has 1 aliphatic rings. The maximum Gasteiger partial charge on any atom is 0.243 e. The van der Waals surface area contributed by atoms with Crippen LogP contribution in [0.15, 0.2) is 53.4 Å². The third-order valence-electron chi connectivity index (χ3n) is 5.81. The summed E-state index contributed by atoms with van der Waals surface area (Å²) in [7, 11) is -3.56. The van der Waals surface area contributed by atoms with Crippen molar-refractivity contribution in [2.75, 3.05) is 19.6 Å². The highest BCUT2D eigenvalue weighted by atomic mass is 32.2. The summed E-state index contributed by atoms with van der Waals surface area (Å²) in [4.78, 5) is 12.8. The molecule has 1 fully saturated rings. The third kappa shape index (κ3) is 5.92. The Kier molecular flexibility index (Phi) is 7.17. The molecule has 168 valence electrons. The third-order valence-corrected chi connectivity index (χ3v) is 7.72. The lowest BCUT2D eigenvalue weighted by Gasteiger charge is -2.30. The second kappa shape index (κ2) is 9.49. The summed E-state index contributed by atoms with van der Waals surface area (Å²) in [6, 6.07) is 13.3. The molecule has 0 unspecified atom stereocenters. The van der Waals surface area contributed by atoms with Crippen LogP contribution in [-0.2, 0) is 26.7 Å². The van der Waals surface area contributed by atoms with Gasteiger partial charge in [0, 0.05) is 25.6 Å². The standard InChI is InChI=1S/C24H31FN2O3S/c1-24(2,3)20-6-10-22(11-7-20)31(29,30)27-16-13-19(14-17-27)23(28)26-15-12-18-4-8-21(25)9-5-18/h4-11,19H,12-17H2,1-3H3,(H,26,28). The smallest absolute Gasteiger partial charge is 0.243 e. The van der Waals surface area contributed by atoms with Crippen LogP contribution in [0.25, 0.3) is 0 Å². The molecule has 0 bridgehead atoms. The van der Waals surface area contributed by atoms with Crippen LogP contribution in [0.2, 0.25) is 0 Å². The first-order valence-electron chi connectivity index (χ1n) is 10.7. The lowest BCUT2D eigenvalue weighted by atomic mass is 9.87. The minimum absolute atomic E-state index is 0.0370. The zero-order chi connectivity index (χ0) is 22.6. The molecule has 0 aromatic heterocycles. The van der Waals surface area contributed by atoms with Crippen LogP contribution in [0.4, 0.5) is 4.39 Å². The number of amides is 1. The van der Waals surface area contributed by atoms with Crippen molar-refractivity contribution in [1.82, 2.24) is 9.62 Å². The van der Waals surface area contributed by atoms with Gasteiger partial charge in [0.25, 0.3) is 0 Å². The van der Waals surface area contributed by atoms with Gasteiger partial charge in [0.15, 0.2) is 0 Å². The fourth-order valence-corrected chi connectivity index (χ4v) is 5.23. The predicted octanol–water partition coefficient (Wildman–Crippen LogP) is 3.88. The SMILES string of the molecule is CC(C)(C)c1ccc(S(=O)(=O)N2CCC(C(=O)NCCc3ccc(F)cc3)CC2)cc1. The van der Waals surface area contributed by atoms with Gasteiger partial charge < -0.3 is 5.32 Å². The summed E-state index contributed by atoms with van der Waals surface area (Å²) >= 11 is 0. The average molecular weight is 447 g/mol. The van der Waals surface area contributed by atoms with E-state index in [-0.39, 0.29) is 23.1 Å². The molecule has 7 heteroatoms. The number of nitrogens with one attached hydrogen (secondary N) is 1. The molecule has 1 heterocycles. The number of hydrogen-bond acceptors (Lipinski definition) is 3. The van der Waals surface area contributed by atoms with E-state index >= 15 is 0 Å². The van der Waals surface area contributed by atoms with Gasteiger partial charge in [-0.2, -0.15) is 4.31 Å². The molecule has 0 radical (unpaired) electrons. The van der Waals surface area contributed by atoms with Gasteiger partial charge in [0.1, 0.15) is 5.82 Å². The van der Waals surface area contributed by atoms with Gasteiger partial charge in [-0.3, -0.25) is 4.79 Å². The Balaban J connectivity index is 1.51. The second-order valence-electron chi connectivity index (χ2n) is 9.12. The van der Waals surface area contributed by atoms with Gasteiger partial charge in [0.05, 0.1) is 4.90 Å².